The molecule has 1 fully saturated rings. The van der Waals surface area contributed by atoms with Crippen LogP contribution in [-0.4, -0.2) is 38.8 Å². The predicted molar refractivity (Wildman–Crippen MR) is 88.9 cm³/mol. The van der Waals surface area contributed by atoms with E-state index < -0.39 is 23.9 Å². The van der Waals surface area contributed by atoms with E-state index in [2.05, 4.69) is 5.10 Å². The molecule has 0 saturated carbocycles. The molecule has 0 spiro atoms. The molecule has 0 radical (unpaired) electrons. The molecule has 0 bridgehead atoms. The number of nitrogens with zero attached hydrogens (tertiary/aromatic N) is 3. The van der Waals surface area contributed by atoms with E-state index in [1.54, 1.807) is 29.2 Å². The molecule has 0 aliphatic carbocycles. The molecule has 3 rings (SSSR count). The lowest BCUT2D eigenvalue weighted by atomic mass is 9.99. The Morgan fingerprint density at radius 1 is 1.27 bits per heavy atom. The van der Waals surface area contributed by atoms with Gasteiger partial charge in [-0.15, -0.1) is 0 Å². The molecule has 2 aromatic rings. The van der Waals surface area contributed by atoms with Crippen molar-refractivity contribution in [1.29, 1.82) is 0 Å². The summed E-state index contributed by atoms with van der Waals surface area (Å²) in [7, 11) is 0. The lowest BCUT2D eigenvalue weighted by Gasteiger charge is -2.35. The Bertz CT molecular complexity index is 786. The number of carboxylic acids is 1. The highest BCUT2D eigenvalue weighted by Gasteiger charge is 2.35. The molecule has 1 aromatic heterocycles. The number of benzene rings is 1. The normalized spacial score (nSPS) is 18.0. The highest BCUT2D eigenvalue weighted by Crippen LogP contribution is 2.32. The molecular weight excluding hydrogens is 371 g/mol. The number of carbonyl (C=O) groups is 1. The monoisotopic (exact) mass is 387 g/mol. The molecule has 1 atom stereocenters. The maximum absolute atomic E-state index is 12.7. The van der Waals surface area contributed by atoms with Crippen molar-refractivity contribution in [2.24, 2.45) is 0 Å². The molecule has 140 valence electrons. The number of rotatable bonds is 4. The predicted octanol–water partition coefficient (Wildman–Crippen LogP) is 4.02. The number of aliphatic carboxylic acids is 1. The van der Waals surface area contributed by atoms with Crippen molar-refractivity contribution < 1.29 is 23.1 Å². The number of likely N-dealkylation sites (tertiary alicyclic amines) is 1. The van der Waals surface area contributed by atoms with Crippen LogP contribution in [0, 0.1) is 0 Å². The third kappa shape index (κ3) is 4.02. The number of hydrogen-bond acceptors (Lipinski definition) is 3. The van der Waals surface area contributed by atoms with Gasteiger partial charge in [0.05, 0.1) is 6.04 Å². The smallest absolute Gasteiger partial charge is 0.435 e. The van der Waals surface area contributed by atoms with Crippen molar-refractivity contribution in [3.05, 3.63) is 52.8 Å². The Balaban J connectivity index is 1.70. The first-order valence-electron chi connectivity index (χ1n) is 8.10. The van der Waals surface area contributed by atoms with Gasteiger partial charge in [-0.05, 0) is 36.6 Å². The highest BCUT2D eigenvalue weighted by atomic mass is 35.5. The second kappa shape index (κ2) is 7.28. The maximum atomic E-state index is 12.7. The molecular formula is C17H17ClF3N3O2. The molecule has 9 heteroatoms. The van der Waals surface area contributed by atoms with Crippen LogP contribution in [0.2, 0.25) is 5.02 Å². The minimum atomic E-state index is -4.47. The van der Waals surface area contributed by atoms with Crippen LogP contribution in [-0.2, 0) is 11.0 Å². The Morgan fingerprint density at radius 3 is 2.50 bits per heavy atom. The van der Waals surface area contributed by atoms with Crippen LogP contribution in [0.5, 0.6) is 0 Å². The van der Waals surface area contributed by atoms with Gasteiger partial charge in [-0.3, -0.25) is 14.4 Å². The second-order valence-corrected chi connectivity index (χ2v) is 6.68. The number of hydrogen-bond donors (Lipinski definition) is 1. The molecule has 1 aliphatic heterocycles. The molecule has 26 heavy (non-hydrogen) atoms. The summed E-state index contributed by atoms with van der Waals surface area (Å²) in [5, 5.41) is 13.7. The second-order valence-electron chi connectivity index (χ2n) is 6.24. The van der Waals surface area contributed by atoms with Crippen molar-refractivity contribution in [3.63, 3.8) is 0 Å². The van der Waals surface area contributed by atoms with Gasteiger partial charge in [0.15, 0.2) is 5.69 Å². The van der Waals surface area contributed by atoms with Gasteiger partial charge in [0.1, 0.15) is 6.04 Å². The van der Waals surface area contributed by atoms with Gasteiger partial charge in [0.25, 0.3) is 0 Å². The van der Waals surface area contributed by atoms with Gasteiger partial charge in [0.2, 0.25) is 0 Å². The van der Waals surface area contributed by atoms with Crippen molar-refractivity contribution >= 4 is 17.6 Å². The van der Waals surface area contributed by atoms with Gasteiger partial charge in [-0.1, -0.05) is 23.7 Å². The number of carboxylic acid groups (broad SMARTS) is 1. The zero-order valence-corrected chi connectivity index (χ0v) is 14.4. The summed E-state index contributed by atoms with van der Waals surface area (Å²) in [4.78, 5) is 13.6. The summed E-state index contributed by atoms with van der Waals surface area (Å²) < 4.78 is 39.4. The Hall–Kier alpha value is -2.06. The van der Waals surface area contributed by atoms with Gasteiger partial charge >= 0.3 is 12.1 Å². The number of alkyl halides is 3. The van der Waals surface area contributed by atoms with E-state index in [1.165, 1.54) is 10.9 Å². The third-order valence-electron chi connectivity index (χ3n) is 4.54. The fourth-order valence-electron chi connectivity index (χ4n) is 3.29. The highest BCUT2D eigenvalue weighted by molar-refractivity contribution is 6.30. The first-order chi connectivity index (χ1) is 12.3. The summed E-state index contributed by atoms with van der Waals surface area (Å²) in [6.07, 6.45) is -2.10. The largest absolute Gasteiger partial charge is 0.480 e. The van der Waals surface area contributed by atoms with E-state index in [1.807, 2.05) is 0 Å². The summed E-state index contributed by atoms with van der Waals surface area (Å²) in [6.45, 7) is 0.880. The van der Waals surface area contributed by atoms with E-state index in [0.717, 1.165) is 6.07 Å². The maximum Gasteiger partial charge on any atom is 0.435 e. The van der Waals surface area contributed by atoms with E-state index in [9.17, 15) is 23.1 Å². The third-order valence-corrected chi connectivity index (χ3v) is 4.77. The van der Waals surface area contributed by atoms with Crippen LogP contribution in [0.1, 0.15) is 36.2 Å². The zero-order chi connectivity index (χ0) is 18.9. The van der Waals surface area contributed by atoms with E-state index in [4.69, 9.17) is 11.6 Å². The van der Waals surface area contributed by atoms with Crippen LogP contribution in [0.15, 0.2) is 36.5 Å². The zero-order valence-electron chi connectivity index (χ0n) is 13.7. The first kappa shape index (κ1) is 18.7. The standard InChI is InChI=1S/C17H17ClF3N3O2/c18-12-3-1-2-11(10-12)15(16(25)26)23-7-4-13(5-8-23)24-9-6-14(22-24)17(19,20)21/h1-3,6,9-10,13,15H,4-5,7-8H2,(H,25,26). The van der Waals surface area contributed by atoms with Crippen LogP contribution < -0.4 is 0 Å². The van der Waals surface area contributed by atoms with Crippen LogP contribution in [0.3, 0.4) is 0 Å². The van der Waals surface area contributed by atoms with Gasteiger partial charge in [-0.25, -0.2) is 0 Å². The molecule has 1 aromatic carbocycles. The van der Waals surface area contributed by atoms with Crippen molar-refractivity contribution in [3.8, 4) is 0 Å². The molecule has 1 saturated heterocycles. The average Bonchev–Trinajstić information content (AvgIpc) is 3.06. The quantitative estimate of drug-likeness (QED) is 0.861. The Kier molecular flexibility index (Phi) is 5.24. The summed E-state index contributed by atoms with van der Waals surface area (Å²) in [5.74, 6) is -0.982. The Labute approximate surface area is 153 Å². The molecule has 1 aliphatic rings. The van der Waals surface area contributed by atoms with E-state index >= 15 is 0 Å². The summed E-state index contributed by atoms with van der Waals surface area (Å²) >= 11 is 5.96. The van der Waals surface area contributed by atoms with E-state index in [-0.39, 0.29) is 6.04 Å². The molecule has 5 nitrogen and oxygen atoms in total. The lowest BCUT2D eigenvalue weighted by Crippen LogP contribution is -2.40. The minimum Gasteiger partial charge on any atom is -0.480 e. The van der Waals surface area contributed by atoms with Crippen LogP contribution >= 0.6 is 11.6 Å². The topological polar surface area (TPSA) is 58.4 Å². The average molecular weight is 388 g/mol. The van der Waals surface area contributed by atoms with Crippen molar-refractivity contribution in [2.45, 2.75) is 31.1 Å². The van der Waals surface area contributed by atoms with Crippen LogP contribution in [0.25, 0.3) is 0 Å². The first-order valence-corrected chi connectivity index (χ1v) is 8.48. The molecule has 2 heterocycles. The number of piperidine rings is 1. The fraction of sp³-hybridized carbons (Fsp3) is 0.412. The minimum absolute atomic E-state index is 0.184. The van der Waals surface area contributed by atoms with Crippen LogP contribution in [0.4, 0.5) is 13.2 Å². The van der Waals surface area contributed by atoms with Crippen molar-refractivity contribution in [2.75, 3.05) is 13.1 Å². The van der Waals surface area contributed by atoms with Crippen molar-refractivity contribution in [1.82, 2.24) is 14.7 Å². The van der Waals surface area contributed by atoms with Gasteiger partial charge in [0, 0.05) is 24.3 Å². The molecule has 1 unspecified atom stereocenters. The summed E-state index contributed by atoms with van der Waals surface area (Å²) in [6, 6.07) is 6.64. The SMILES string of the molecule is O=C(O)C(c1cccc(Cl)c1)N1CCC(n2ccc(C(F)(F)F)n2)CC1. The summed E-state index contributed by atoms with van der Waals surface area (Å²) in [5.41, 5.74) is -0.329. The molecule has 0 amide bonds. The lowest BCUT2D eigenvalue weighted by molar-refractivity contribution is -0.144. The van der Waals surface area contributed by atoms with Gasteiger partial charge in [-0.2, -0.15) is 18.3 Å². The molecule has 1 N–H and O–H groups in total. The van der Waals surface area contributed by atoms with E-state index in [0.29, 0.717) is 36.5 Å². The number of aromatic nitrogens is 2. The Morgan fingerprint density at radius 2 is 1.96 bits per heavy atom. The number of halogens is 4. The fourth-order valence-corrected chi connectivity index (χ4v) is 3.49. The van der Waals surface area contributed by atoms with Gasteiger partial charge < -0.3 is 5.11 Å².